The van der Waals surface area contributed by atoms with E-state index in [9.17, 15) is 4.79 Å². The molecule has 2 heterocycles. The molecule has 4 nitrogen and oxygen atoms in total. The van der Waals surface area contributed by atoms with Crippen LogP contribution < -0.4 is 5.56 Å². The first kappa shape index (κ1) is 9.41. The molecule has 4 heteroatoms. The Kier molecular flexibility index (Phi) is 1.67. The van der Waals surface area contributed by atoms with Crippen molar-refractivity contribution >= 4 is 32.6 Å². The van der Waals surface area contributed by atoms with E-state index in [1.165, 1.54) is 0 Å². The maximum atomic E-state index is 12.1. The van der Waals surface area contributed by atoms with Crippen molar-refractivity contribution in [2.45, 2.75) is 0 Å². The number of nitrogens with one attached hydrogen (secondary N) is 2. The average Bonchev–Trinajstić information content (AvgIpc) is 2.88. The highest BCUT2D eigenvalue weighted by Gasteiger charge is 2.11. The molecule has 0 spiro atoms. The molecule has 0 unspecified atom stereocenters. The zero-order chi connectivity index (χ0) is 12.1. The Hall–Kier alpha value is -2.62. The first-order chi connectivity index (χ1) is 8.86. The fourth-order valence-electron chi connectivity index (χ4n) is 2.57. The van der Waals surface area contributed by atoms with Crippen LogP contribution in [0.5, 0.6) is 0 Å². The maximum absolute atomic E-state index is 12.1. The van der Waals surface area contributed by atoms with E-state index in [1.807, 2.05) is 30.3 Å². The minimum atomic E-state index is -0.0693. The zero-order valence-corrected chi connectivity index (χ0v) is 9.40. The summed E-state index contributed by atoms with van der Waals surface area (Å²) in [7, 11) is 0. The fraction of sp³-hybridized carbons (Fsp3) is 0. The second-order valence-corrected chi connectivity index (χ2v) is 4.27. The summed E-state index contributed by atoms with van der Waals surface area (Å²) in [6, 6.07) is 9.75. The van der Waals surface area contributed by atoms with Crippen molar-refractivity contribution in [3.05, 3.63) is 53.2 Å². The molecule has 0 aliphatic heterocycles. The van der Waals surface area contributed by atoms with E-state index in [2.05, 4.69) is 15.0 Å². The highest BCUT2D eigenvalue weighted by molar-refractivity contribution is 6.22. The van der Waals surface area contributed by atoms with Gasteiger partial charge in [0, 0.05) is 17.0 Å². The van der Waals surface area contributed by atoms with E-state index in [1.54, 1.807) is 12.5 Å². The van der Waals surface area contributed by atoms with Crippen LogP contribution in [0.1, 0.15) is 0 Å². The highest BCUT2D eigenvalue weighted by atomic mass is 16.1. The highest BCUT2D eigenvalue weighted by Crippen LogP contribution is 2.30. The summed E-state index contributed by atoms with van der Waals surface area (Å²) < 4.78 is 0. The van der Waals surface area contributed by atoms with Crippen LogP contribution in [0, 0.1) is 0 Å². The van der Waals surface area contributed by atoms with Crippen LogP contribution >= 0.6 is 0 Å². The van der Waals surface area contributed by atoms with Gasteiger partial charge in [-0.15, -0.1) is 0 Å². The largest absolute Gasteiger partial charge is 0.344 e. The van der Waals surface area contributed by atoms with Gasteiger partial charge < -0.3 is 9.97 Å². The number of benzene rings is 2. The summed E-state index contributed by atoms with van der Waals surface area (Å²) in [6.45, 7) is 0. The first-order valence-corrected chi connectivity index (χ1v) is 5.71. The van der Waals surface area contributed by atoms with Gasteiger partial charge in [0.15, 0.2) is 0 Å². The van der Waals surface area contributed by atoms with Crippen molar-refractivity contribution in [3.63, 3.8) is 0 Å². The standard InChI is InChI=1S/C14H9N3O/c18-14-11-8-3-1-2-4-9(8)12-13(17-7-16-12)10(11)5-6-15-14/h1-7H,(H,15,18)(H,16,17). The summed E-state index contributed by atoms with van der Waals surface area (Å²) in [5, 5.41) is 3.56. The number of rotatable bonds is 0. The number of hydrogen-bond acceptors (Lipinski definition) is 2. The second kappa shape index (κ2) is 3.20. The number of fused-ring (bicyclic) bond motifs is 6. The molecule has 0 aliphatic carbocycles. The van der Waals surface area contributed by atoms with Crippen molar-refractivity contribution < 1.29 is 0 Å². The lowest BCUT2D eigenvalue weighted by molar-refractivity contribution is 1.28. The third-order valence-corrected chi connectivity index (χ3v) is 3.32. The van der Waals surface area contributed by atoms with E-state index in [0.29, 0.717) is 5.39 Å². The Bertz CT molecular complexity index is 949. The van der Waals surface area contributed by atoms with Gasteiger partial charge in [0.25, 0.3) is 5.56 Å². The molecule has 4 rings (SSSR count). The molecule has 2 aromatic carbocycles. The first-order valence-electron chi connectivity index (χ1n) is 5.71. The molecule has 0 radical (unpaired) electrons. The summed E-state index contributed by atoms with van der Waals surface area (Å²) in [5.74, 6) is 0. The van der Waals surface area contributed by atoms with Crippen molar-refractivity contribution in [2.24, 2.45) is 0 Å². The van der Waals surface area contributed by atoms with E-state index in [0.717, 1.165) is 27.2 Å². The predicted molar refractivity (Wildman–Crippen MR) is 71.7 cm³/mol. The second-order valence-electron chi connectivity index (χ2n) is 4.27. The third-order valence-electron chi connectivity index (χ3n) is 3.32. The van der Waals surface area contributed by atoms with Crippen LogP contribution in [0.2, 0.25) is 0 Å². The smallest absolute Gasteiger partial charge is 0.256 e. The molecule has 0 fully saturated rings. The third kappa shape index (κ3) is 1.04. The maximum Gasteiger partial charge on any atom is 0.256 e. The van der Waals surface area contributed by atoms with Gasteiger partial charge >= 0.3 is 0 Å². The van der Waals surface area contributed by atoms with Gasteiger partial charge in [-0.2, -0.15) is 0 Å². The van der Waals surface area contributed by atoms with Gasteiger partial charge in [0.1, 0.15) is 0 Å². The lowest BCUT2D eigenvalue weighted by Gasteiger charge is -2.04. The van der Waals surface area contributed by atoms with Gasteiger partial charge in [-0.25, -0.2) is 4.98 Å². The monoisotopic (exact) mass is 235 g/mol. The average molecular weight is 235 g/mol. The van der Waals surface area contributed by atoms with Crippen LogP contribution in [-0.2, 0) is 0 Å². The molecular formula is C14H9N3O. The summed E-state index contributed by atoms with van der Waals surface area (Å²) in [6.07, 6.45) is 3.33. The van der Waals surface area contributed by atoms with Gasteiger partial charge in [0.05, 0.1) is 22.7 Å². The van der Waals surface area contributed by atoms with E-state index in [-0.39, 0.29) is 5.56 Å². The van der Waals surface area contributed by atoms with Crippen molar-refractivity contribution in [1.82, 2.24) is 15.0 Å². The van der Waals surface area contributed by atoms with Crippen LogP contribution in [0.3, 0.4) is 0 Å². The minimum Gasteiger partial charge on any atom is -0.344 e. The summed E-state index contributed by atoms with van der Waals surface area (Å²) >= 11 is 0. The van der Waals surface area contributed by atoms with Crippen LogP contribution in [-0.4, -0.2) is 15.0 Å². The van der Waals surface area contributed by atoms with Crippen LogP contribution in [0.4, 0.5) is 0 Å². The predicted octanol–water partition coefficient (Wildman–Crippen LogP) is 2.56. The lowest BCUT2D eigenvalue weighted by Crippen LogP contribution is -2.05. The Morgan fingerprint density at radius 1 is 0.944 bits per heavy atom. The normalized spacial score (nSPS) is 11.6. The Labute approximate surface area is 101 Å². The SMILES string of the molecule is O=c1[nH]ccc2c3[nH]cnc3c3ccccc3c12. The van der Waals surface area contributed by atoms with Crippen molar-refractivity contribution in [3.8, 4) is 0 Å². The number of imidazole rings is 1. The zero-order valence-electron chi connectivity index (χ0n) is 9.40. The molecule has 86 valence electrons. The molecule has 4 aromatic rings. The van der Waals surface area contributed by atoms with Crippen LogP contribution in [0.25, 0.3) is 32.6 Å². The van der Waals surface area contributed by atoms with Gasteiger partial charge in [-0.05, 0) is 11.5 Å². The molecule has 0 saturated carbocycles. The van der Waals surface area contributed by atoms with E-state index >= 15 is 0 Å². The Morgan fingerprint density at radius 3 is 2.67 bits per heavy atom. The fourth-order valence-corrected chi connectivity index (χ4v) is 2.57. The van der Waals surface area contributed by atoms with Crippen molar-refractivity contribution in [1.29, 1.82) is 0 Å². The van der Waals surface area contributed by atoms with E-state index in [4.69, 9.17) is 0 Å². The lowest BCUT2D eigenvalue weighted by atomic mass is 10.0. The van der Waals surface area contributed by atoms with Gasteiger partial charge in [-0.3, -0.25) is 4.79 Å². The number of nitrogens with zero attached hydrogens (tertiary/aromatic N) is 1. The number of aromatic nitrogens is 3. The molecule has 0 saturated heterocycles. The summed E-state index contributed by atoms with van der Waals surface area (Å²) in [5.41, 5.74) is 1.75. The molecule has 2 aromatic heterocycles. The number of hydrogen-bond donors (Lipinski definition) is 2. The molecular weight excluding hydrogens is 226 g/mol. The van der Waals surface area contributed by atoms with Gasteiger partial charge in [-0.1, -0.05) is 24.3 Å². The number of aromatic amines is 2. The Balaban J connectivity index is 2.54. The summed E-state index contributed by atoms with van der Waals surface area (Å²) in [4.78, 5) is 22.3. The quantitative estimate of drug-likeness (QED) is 0.460. The molecule has 2 N–H and O–H groups in total. The Morgan fingerprint density at radius 2 is 1.78 bits per heavy atom. The topological polar surface area (TPSA) is 61.5 Å². The number of pyridine rings is 1. The number of H-pyrrole nitrogens is 2. The van der Waals surface area contributed by atoms with E-state index < -0.39 is 0 Å². The molecule has 0 amide bonds. The minimum absolute atomic E-state index is 0.0693. The molecule has 0 aliphatic rings. The molecule has 0 atom stereocenters. The van der Waals surface area contributed by atoms with Crippen LogP contribution in [0.15, 0.2) is 47.7 Å². The van der Waals surface area contributed by atoms with Crippen molar-refractivity contribution in [2.75, 3.05) is 0 Å². The molecule has 18 heavy (non-hydrogen) atoms. The van der Waals surface area contributed by atoms with Gasteiger partial charge in [0.2, 0.25) is 0 Å². The molecule has 0 bridgehead atoms.